The van der Waals surface area contributed by atoms with Gasteiger partial charge >= 0.3 is 5.92 Å². The molecule has 0 aromatic rings. The Hall–Kier alpha value is -1.94. The zero-order chi connectivity index (χ0) is 27.5. The van der Waals surface area contributed by atoms with Gasteiger partial charge in [-0.2, -0.15) is 8.78 Å². The second kappa shape index (κ2) is 11.8. The average Bonchev–Trinajstić information content (AvgIpc) is 3.59. The molecule has 0 bridgehead atoms. The van der Waals surface area contributed by atoms with Gasteiger partial charge in [0.25, 0.3) is 0 Å². The van der Waals surface area contributed by atoms with Crippen LogP contribution in [0.3, 0.4) is 0 Å². The van der Waals surface area contributed by atoms with Crippen molar-refractivity contribution >= 4 is 11.7 Å². The maximum absolute atomic E-state index is 14.4. The van der Waals surface area contributed by atoms with Crippen molar-refractivity contribution < 1.29 is 37.7 Å². The van der Waals surface area contributed by atoms with E-state index < -0.39 is 35.6 Å². The van der Waals surface area contributed by atoms with E-state index >= 15 is 0 Å². The molecule has 8 atom stereocenters. The van der Waals surface area contributed by atoms with Crippen LogP contribution in [0, 0.1) is 11.8 Å². The Morgan fingerprint density at radius 3 is 2.46 bits per heavy atom. The van der Waals surface area contributed by atoms with Gasteiger partial charge in [0.05, 0.1) is 24.9 Å². The van der Waals surface area contributed by atoms with Crippen LogP contribution in [0.1, 0.15) is 60.8 Å². The van der Waals surface area contributed by atoms with E-state index in [9.17, 15) is 23.5 Å². The third-order valence-corrected chi connectivity index (χ3v) is 7.49. The van der Waals surface area contributed by atoms with Gasteiger partial charge in [0.15, 0.2) is 0 Å². The molecular formula is C28H41F2NO6. The van der Waals surface area contributed by atoms with Crippen molar-refractivity contribution in [2.24, 2.45) is 11.8 Å². The molecule has 3 heterocycles. The summed E-state index contributed by atoms with van der Waals surface area (Å²) in [6, 6.07) is -0.0662. The fraction of sp³-hybridized carbons (Fsp3) is 0.714. The van der Waals surface area contributed by atoms with E-state index in [1.165, 1.54) is 0 Å². The number of rotatable bonds is 9. The number of aliphatic hydroxyl groups is 1. The summed E-state index contributed by atoms with van der Waals surface area (Å²) < 4.78 is 45.8. The molecule has 3 rings (SSSR count). The maximum atomic E-state index is 14.4. The molecule has 1 amide bonds. The Morgan fingerprint density at radius 2 is 1.86 bits per heavy atom. The van der Waals surface area contributed by atoms with Gasteiger partial charge in [-0.25, -0.2) is 0 Å². The molecule has 0 aliphatic carbocycles. The van der Waals surface area contributed by atoms with Gasteiger partial charge in [0, 0.05) is 13.3 Å². The molecule has 0 radical (unpaired) electrons. The van der Waals surface area contributed by atoms with Gasteiger partial charge in [-0.1, -0.05) is 50.6 Å². The molecule has 2 N–H and O–H groups in total. The van der Waals surface area contributed by atoms with Crippen molar-refractivity contribution in [3.05, 3.63) is 36.0 Å². The molecule has 7 nitrogen and oxygen atoms in total. The van der Waals surface area contributed by atoms with Gasteiger partial charge < -0.3 is 24.6 Å². The van der Waals surface area contributed by atoms with Crippen molar-refractivity contribution in [1.29, 1.82) is 0 Å². The number of ether oxygens (including phenoxy) is 3. The second-order valence-corrected chi connectivity index (χ2v) is 11.1. The topological polar surface area (TPSA) is 97.4 Å². The number of nitrogens with one attached hydrogen (secondary N) is 1. The Kier molecular flexibility index (Phi) is 9.48. The van der Waals surface area contributed by atoms with E-state index in [1.54, 1.807) is 18.2 Å². The number of hydrogen-bond acceptors (Lipinski definition) is 6. The molecular weight excluding hydrogens is 484 g/mol. The first-order valence-electron chi connectivity index (χ1n) is 13.1. The third-order valence-electron chi connectivity index (χ3n) is 7.49. The molecule has 0 saturated carbocycles. The number of epoxide rings is 1. The van der Waals surface area contributed by atoms with E-state index in [1.807, 2.05) is 39.8 Å². The minimum atomic E-state index is -3.65. The molecule has 1 spiro atoms. The standard InChI is InChI=1S/C28H41F2NO6/c1-16(2)7-12-25(33)31-21-13-18(4)22(36-19(21)5)10-8-17(3)9-11-23-26(34)27(15-35-27)14-24(37-23)28(29,30)20(6)32/h7-9,11-12,16,18-19,21-24,26,34H,10,13-15H2,1-6H3,(H,31,33)/b11-9+,12-7-,17-8+/t18-,19+,21+,22-,23+,24+,26+,27+/m0/s1. The number of ketones is 1. The molecule has 0 aromatic carbocycles. The van der Waals surface area contributed by atoms with Crippen LogP contribution >= 0.6 is 0 Å². The van der Waals surface area contributed by atoms with Crippen molar-refractivity contribution in [3.63, 3.8) is 0 Å². The number of aliphatic hydroxyl groups excluding tert-OH is 1. The van der Waals surface area contributed by atoms with E-state index in [4.69, 9.17) is 14.2 Å². The quantitative estimate of drug-likeness (QED) is 0.269. The first kappa shape index (κ1) is 29.6. The lowest BCUT2D eigenvalue weighted by molar-refractivity contribution is -0.210. The predicted molar refractivity (Wildman–Crippen MR) is 135 cm³/mol. The summed E-state index contributed by atoms with van der Waals surface area (Å²) in [5.41, 5.74) is -0.230. The smallest absolute Gasteiger partial charge is 0.330 e. The summed E-state index contributed by atoms with van der Waals surface area (Å²) >= 11 is 0. The predicted octanol–water partition coefficient (Wildman–Crippen LogP) is 3.90. The number of Topliss-reactive ketones (excluding diaryl/α,β-unsaturated/α-hetero) is 1. The number of halogens is 2. The minimum absolute atomic E-state index is 0.0315. The van der Waals surface area contributed by atoms with Gasteiger partial charge in [0.1, 0.15) is 23.9 Å². The Bertz CT molecular complexity index is 926. The number of alkyl halides is 2. The lowest BCUT2D eigenvalue weighted by atomic mass is 9.85. The Balaban J connectivity index is 1.57. The van der Waals surface area contributed by atoms with Crippen molar-refractivity contribution in [3.8, 4) is 0 Å². The van der Waals surface area contributed by atoms with Crippen LogP contribution in [0.5, 0.6) is 0 Å². The first-order valence-corrected chi connectivity index (χ1v) is 13.1. The van der Waals surface area contributed by atoms with Crippen molar-refractivity contribution in [2.75, 3.05) is 6.61 Å². The van der Waals surface area contributed by atoms with E-state index in [0.29, 0.717) is 12.3 Å². The number of carbonyl (C=O) groups excluding carboxylic acids is 2. The fourth-order valence-electron chi connectivity index (χ4n) is 4.86. The number of hydrogen-bond donors (Lipinski definition) is 2. The van der Waals surface area contributed by atoms with Crippen LogP contribution in [-0.4, -0.2) is 71.5 Å². The lowest BCUT2D eigenvalue weighted by Gasteiger charge is -2.39. The second-order valence-electron chi connectivity index (χ2n) is 11.1. The van der Waals surface area contributed by atoms with Crippen LogP contribution in [0.2, 0.25) is 0 Å². The van der Waals surface area contributed by atoms with Crippen LogP contribution in [-0.2, 0) is 23.8 Å². The van der Waals surface area contributed by atoms with Gasteiger partial charge in [-0.05, 0) is 44.6 Å². The lowest BCUT2D eigenvalue weighted by Crippen LogP contribution is -2.56. The summed E-state index contributed by atoms with van der Waals surface area (Å²) in [6.07, 6.45) is 5.97. The zero-order valence-corrected chi connectivity index (χ0v) is 22.6. The molecule has 3 fully saturated rings. The van der Waals surface area contributed by atoms with Crippen molar-refractivity contribution in [2.45, 2.75) is 109 Å². The largest absolute Gasteiger partial charge is 0.387 e. The maximum Gasteiger partial charge on any atom is 0.330 e. The van der Waals surface area contributed by atoms with Crippen LogP contribution < -0.4 is 5.32 Å². The highest BCUT2D eigenvalue weighted by Gasteiger charge is 2.63. The highest BCUT2D eigenvalue weighted by atomic mass is 19.3. The number of amides is 1. The number of allylic oxidation sites excluding steroid dienone is 3. The van der Waals surface area contributed by atoms with Crippen LogP contribution in [0.4, 0.5) is 8.78 Å². The monoisotopic (exact) mass is 525 g/mol. The molecule has 3 aliphatic heterocycles. The molecule has 3 aliphatic rings. The zero-order valence-electron chi connectivity index (χ0n) is 22.6. The van der Waals surface area contributed by atoms with Gasteiger partial charge in [0.2, 0.25) is 11.7 Å². The van der Waals surface area contributed by atoms with Crippen LogP contribution in [0.25, 0.3) is 0 Å². The molecule has 9 heteroatoms. The third kappa shape index (κ3) is 7.34. The molecule has 208 valence electrons. The molecule has 0 unspecified atom stereocenters. The molecule has 37 heavy (non-hydrogen) atoms. The molecule has 3 saturated heterocycles. The summed E-state index contributed by atoms with van der Waals surface area (Å²) in [4.78, 5) is 23.6. The van der Waals surface area contributed by atoms with Gasteiger partial charge in [-0.15, -0.1) is 0 Å². The Morgan fingerprint density at radius 1 is 1.19 bits per heavy atom. The first-order chi connectivity index (χ1) is 17.2. The van der Waals surface area contributed by atoms with Crippen LogP contribution in [0.15, 0.2) is 36.0 Å². The summed E-state index contributed by atoms with van der Waals surface area (Å²) in [5, 5.41) is 13.7. The molecule has 0 aromatic heterocycles. The average molecular weight is 526 g/mol. The fourth-order valence-corrected chi connectivity index (χ4v) is 4.86. The summed E-state index contributed by atoms with van der Waals surface area (Å²) in [7, 11) is 0. The SMILES string of the molecule is CC(=O)C(F)(F)[C@H]1C[C@@]2(CO2)[C@H](O)[C@@H](/C=C/C(C)=C/C[C@@H]2O[C@H](C)[C@H](NC(=O)/C=C\C(C)C)C[C@@H]2C)O1. The van der Waals surface area contributed by atoms with E-state index in [2.05, 4.69) is 12.2 Å². The van der Waals surface area contributed by atoms with Gasteiger partial charge in [-0.3, -0.25) is 9.59 Å². The highest BCUT2D eigenvalue weighted by molar-refractivity contribution is 5.87. The van der Waals surface area contributed by atoms with E-state index in [-0.39, 0.29) is 43.1 Å². The normalized spacial score (nSPS) is 37.0. The van der Waals surface area contributed by atoms with E-state index in [0.717, 1.165) is 18.9 Å². The highest BCUT2D eigenvalue weighted by Crippen LogP contribution is 2.46. The summed E-state index contributed by atoms with van der Waals surface area (Å²) in [5.74, 6) is -4.52. The number of carbonyl (C=O) groups is 2. The Labute approximate surface area is 218 Å². The van der Waals surface area contributed by atoms with Crippen molar-refractivity contribution in [1.82, 2.24) is 5.32 Å². The minimum Gasteiger partial charge on any atom is -0.387 e. The summed E-state index contributed by atoms with van der Waals surface area (Å²) in [6.45, 7) is 10.9.